The summed E-state index contributed by atoms with van der Waals surface area (Å²) >= 11 is 0. The number of hydrogen-bond donors (Lipinski definition) is 1. The lowest BCUT2D eigenvalue weighted by Gasteiger charge is -2.09. The number of nitrogens with zero attached hydrogens (tertiary/aromatic N) is 3. The van der Waals surface area contributed by atoms with Gasteiger partial charge in [0.05, 0.1) is 11.4 Å². The van der Waals surface area contributed by atoms with E-state index in [-0.39, 0.29) is 5.69 Å². The van der Waals surface area contributed by atoms with Gasteiger partial charge in [-0.1, -0.05) is 54.1 Å². The van der Waals surface area contributed by atoms with Gasteiger partial charge < -0.3 is 10.1 Å². The van der Waals surface area contributed by atoms with Gasteiger partial charge in [0.1, 0.15) is 11.5 Å². The Morgan fingerprint density at radius 3 is 2.42 bits per heavy atom. The number of anilines is 1. The van der Waals surface area contributed by atoms with Gasteiger partial charge in [-0.05, 0) is 31.2 Å². The smallest absolute Gasteiger partial charge is 0.357 e. The SMILES string of the molecule is Cc1ccc(-c2cc(NC(=O)COC(=O)c3ccccn3)n(-c3ccccc3)n2)cc1. The summed E-state index contributed by atoms with van der Waals surface area (Å²) in [5, 5.41) is 7.44. The van der Waals surface area contributed by atoms with Gasteiger partial charge in [-0.3, -0.25) is 4.79 Å². The van der Waals surface area contributed by atoms with E-state index in [4.69, 9.17) is 4.74 Å². The van der Waals surface area contributed by atoms with Gasteiger partial charge in [0.2, 0.25) is 0 Å². The van der Waals surface area contributed by atoms with Crippen molar-refractivity contribution in [3.8, 4) is 16.9 Å². The number of aryl methyl sites for hydroxylation is 1. The van der Waals surface area contributed by atoms with Crippen molar-refractivity contribution in [3.05, 3.63) is 96.3 Å². The Hall–Kier alpha value is -4.26. The van der Waals surface area contributed by atoms with Crippen LogP contribution in [0.3, 0.4) is 0 Å². The normalized spacial score (nSPS) is 10.5. The largest absolute Gasteiger partial charge is 0.451 e. The molecule has 31 heavy (non-hydrogen) atoms. The summed E-state index contributed by atoms with van der Waals surface area (Å²) in [6.45, 7) is 1.58. The molecular formula is C24H20N4O3. The van der Waals surface area contributed by atoms with Crippen molar-refractivity contribution in [1.82, 2.24) is 14.8 Å². The number of pyridine rings is 1. The molecule has 0 unspecified atom stereocenters. The first-order valence-corrected chi connectivity index (χ1v) is 9.71. The molecule has 1 amide bonds. The molecule has 0 aliphatic rings. The van der Waals surface area contributed by atoms with Crippen molar-refractivity contribution >= 4 is 17.7 Å². The highest BCUT2D eigenvalue weighted by Crippen LogP contribution is 2.25. The second-order valence-corrected chi connectivity index (χ2v) is 6.87. The van der Waals surface area contributed by atoms with Crippen LogP contribution in [0.1, 0.15) is 16.1 Å². The van der Waals surface area contributed by atoms with E-state index >= 15 is 0 Å². The van der Waals surface area contributed by atoms with Gasteiger partial charge in [-0.25, -0.2) is 14.5 Å². The Labute approximate surface area is 179 Å². The fourth-order valence-corrected chi connectivity index (χ4v) is 2.97. The third-order valence-electron chi connectivity index (χ3n) is 4.53. The van der Waals surface area contributed by atoms with Crippen molar-refractivity contribution in [3.63, 3.8) is 0 Å². The molecule has 0 saturated carbocycles. The molecule has 0 aliphatic carbocycles. The number of nitrogens with one attached hydrogen (secondary N) is 1. The first-order chi connectivity index (χ1) is 15.1. The average molecular weight is 412 g/mol. The second-order valence-electron chi connectivity index (χ2n) is 6.87. The van der Waals surface area contributed by atoms with Crippen LogP contribution in [0.15, 0.2) is 85.1 Å². The maximum atomic E-state index is 12.5. The zero-order valence-corrected chi connectivity index (χ0v) is 16.9. The lowest BCUT2D eigenvalue weighted by molar-refractivity contribution is -0.119. The average Bonchev–Trinajstić information content (AvgIpc) is 3.22. The highest BCUT2D eigenvalue weighted by molar-refractivity contribution is 5.94. The van der Waals surface area contributed by atoms with Crippen molar-refractivity contribution < 1.29 is 14.3 Å². The summed E-state index contributed by atoms with van der Waals surface area (Å²) in [4.78, 5) is 28.4. The molecule has 0 bridgehead atoms. The molecule has 2 aromatic heterocycles. The fraction of sp³-hybridized carbons (Fsp3) is 0.0833. The van der Waals surface area contributed by atoms with Crippen molar-refractivity contribution in [2.75, 3.05) is 11.9 Å². The Kier molecular flexibility index (Phi) is 5.84. The first-order valence-electron chi connectivity index (χ1n) is 9.71. The van der Waals surface area contributed by atoms with Gasteiger partial charge in [0.25, 0.3) is 5.91 Å². The second kappa shape index (κ2) is 9.04. The number of para-hydroxylation sites is 1. The van der Waals surface area contributed by atoms with Crippen molar-refractivity contribution in [2.24, 2.45) is 0 Å². The number of esters is 1. The molecule has 7 heteroatoms. The number of carbonyl (C=O) groups excluding carboxylic acids is 2. The molecule has 7 nitrogen and oxygen atoms in total. The molecule has 0 spiro atoms. The number of amides is 1. The Balaban J connectivity index is 1.54. The minimum Gasteiger partial charge on any atom is -0.451 e. The molecule has 0 saturated heterocycles. The molecule has 2 aromatic carbocycles. The molecule has 0 fully saturated rings. The zero-order valence-electron chi connectivity index (χ0n) is 16.9. The maximum absolute atomic E-state index is 12.5. The predicted octanol–water partition coefficient (Wildman–Crippen LogP) is 4.04. The number of carbonyl (C=O) groups is 2. The van der Waals surface area contributed by atoms with Crippen LogP contribution in [-0.2, 0) is 9.53 Å². The highest BCUT2D eigenvalue weighted by Gasteiger charge is 2.16. The summed E-state index contributed by atoms with van der Waals surface area (Å²) in [6.07, 6.45) is 1.49. The van der Waals surface area contributed by atoms with Crippen LogP contribution in [0, 0.1) is 6.92 Å². The van der Waals surface area contributed by atoms with E-state index in [9.17, 15) is 9.59 Å². The van der Waals surface area contributed by atoms with Crippen LogP contribution in [0.5, 0.6) is 0 Å². The van der Waals surface area contributed by atoms with Gasteiger partial charge in [-0.15, -0.1) is 0 Å². The molecule has 0 aliphatic heterocycles. The summed E-state index contributed by atoms with van der Waals surface area (Å²) in [6, 6.07) is 24.1. The number of ether oxygens (including phenoxy) is 1. The van der Waals surface area contributed by atoms with Crippen LogP contribution in [0.25, 0.3) is 16.9 Å². The number of benzene rings is 2. The lowest BCUT2D eigenvalue weighted by Crippen LogP contribution is -2.22. The van der Waals surface area contributed by atoms with Crippen molar-refractivity contribution in [2.45, 2.75) is 6.92 Å². The Morgan fingerprint density at radius 2 is 1.71 bits per heavy atom. The van der Waals surface area contributed by atoms with Gasteiger partial charge in [0, 0.05) is 17.8 Å². The minimum absolute atomic E-state index is 0.145. The lowest BCUT2D eigenvalue weighted by atomic mass is 10.1. The van der Waals surface area contributed by atoms with E-state index in [1.165, 1.54) is 12.3 Å². The summed E-state index contributed by atoms with van der Waals surface area (Å²) < 4.78 is 6.72. The monoisotopic (exact) mass is 412 g/mol. The summed E-state index contributed by atoms with van der Waals surface area (Å²) in [5.74, 6) is -0.662. The van der Waals surface area contributed by atoms with E-state index in [1.807, 2.05) is 61.5 Å². The Morgan fingerprint density at radius 1 is 0.968 bits per heavy atom. The molecule has 2 heterocycles. The van der Waals surface area contributed by atoms with Crippen LogP contribution in [0.2, 0.25) is 0 Å². The molecular weight excluding hydrogens is 392 g/mol. The van der Waals surface area contributed by atoms with E-state index in [2.05, 4.69) is 15.4 Å². The van der Waals surface area contributed by atoms with Gasteiger partial charge in [0.15, 0.2) is 6.61 Å². The third-order valence-corrected chi connectivity index (χ3v) is 4.53. The van der Waals surface area contributed by atoms with E-state index in [1.54, 1.807) is 22.9 Å². The van der Waals surface area contributed by atoms with E-state index < -0.39 is 18.5 Å². The number of rotatable bonds is 6. The van der Waals surface area contributed by atoms with E-state index in [0.717, 1.165) is 16.8 Å². The standard InChI is InChI=1S/C24H20N4O3/c1-17-10-12-18(13-11-17)21-15-22(28(27-21)19-7-3-2-4-8-19)26-23(29)16-31-24(30)20-9-5-6-14-25-20/h2-15H,16H2,1H3,(H,26,29). The van der Waals surface area contributed by atoms with Crippen LogP contribution >= 0.6 is 0 Å². The predicted molar refractivity (Wildman–Crippen MR) is 117 cm³/mol. The third kappa shape index (κ3) is 4.84. The quantitative estimate of drug-likeness (QED) is 0.483. The molecule has 0 atom stereocenters. The molecule has 0 radical (unpaired) electrons. The zero-order chi connectivity index (χ0) is 21.6. The maximum Gasteiger partial charge on any atom is 0.357 e. The van der Waals surface area contributed by atoms with Crippen LogP contribution in [-0.4, -0.2) is 33.2 Å². The number of hydrogen-bond acceptors (Lipinski definition) is 5. The Bertz CT molecular complexity index is 1190. The minimum atomic E-state index is -0.660. The molecule has 4 aromatic rings. The number of aromatic nitrogens is 3. The summed E-state index contributed by atoms with van der Waals surface area (Å²) in [5.41, 5.74) is 3.73. The van der Waals surface area contributed by atoms with Crippen molar-refractivity contribution in [1.29, 1.82) is 0 Å². The van der Waals surface area contributed by atoms with Crippen LogP contribution < -0.4 is 5.32 Å². The molecule has 1 N–H and O–H groups in total. The van der Waals surface area contributed by atoms with Gasteiger partial charge in [-0.2, -0.15) is 5.10 Å². The van der Waals surface area contributed by atoms with Crippen LogP contribution in [0.4, 0.5) is 5.82 Å². The molecule has 154 valence electrons. The topological polar surface area (TPSA) is 86.1 Å². The summed E-state index contributed by atoms with van der Waals surface area (Å²) in [7, 11) is 0. The highest BCUT2D eigenvalue weighted by atomic mass is 16.5. The van der Waals surface area contributed by atoms with E-state index in [0.29, 0.717) is 11.5 Å². The first kappa shape index (κ1) is 20.0. The van der Waals surface area contributed by atoms with Gasteiger partial charge >= 0.3 is 5.97 Å². The fourth-order valence-electron chi connectivity index (χ4n) is 2.97. The molecule has 4 rings (SSSR count).